The summed E-state index contributed by atoms with van der Waals surface area (Å²) >= 11 is 0. The van der Waals surface area contributed by atoms with Crippen LogP contribution < -0.4 is 10.2 Å². The first-order valence-corrected chi connectivity index (χ1v) is 6.21. The number of hydrogen-bond acceptors (Lipinski definition) is 5. The highest BCUT2D eigenvalue weighted by atomic mass is 15.2. The second kappa shape index (κ2) is 5.20. The zero-order valence-electron chi connectivity index (χ0n) is 11.4. The van der Waals surface area contributed by atoms with Gasteiger partial charge in [-0.25, -0.2) is 4.98 Å². The van der Waals surface area contributed by atoms with Crippen molar-refractivity contribution in [3.8, 4) is 0 Å². The second-order valence-corrected chi connectivity index (χ2v) is 4.83. The van der Waals surface area contributed by atoms with Gasteiger partial charge in [-0.2, -0.15) is 9.97 Å². The summed E-state index contributed by atoms with van der Waals surface area (Å²) in [6.07, 6.45) is 2.78. The Kier molecular flexibility index (Phi) is 3.64. The quantitative estimate of drug-likeness (QED) is 0.845. The van der Waals surface area contributed by atoms with Crippen LogP contribution in [0.15, 0.2) is 6.33 Å². The van der Waals surface area contributed by atoms with Gasteiger partial charge in [-0.05, 0) is 12.3 Å². The molecular formula is C12H20N6. The van der Waals surface area contributed by atoms with E-state index in [0.717, 1.165) is 24.3 Å². The third-order valence-corrected chi connectivity index (χ3v) is 2.89. The van der Waals surface area contributed by atoms with Crippen LogP contribution in [0.3, 0.4) is 0 Å². The molecule has 0 saturated carbocycles. The predicted octanol–water partition coefficient (Wildman–Crippen LogP) is 1.88. The maximum atomic E-state index is 4.50. The smallest absolute Gasteiger partial charge is 0.226 e. The minimum Gasteiger partial charge on any atom is -0.358 e. The van der Waals surface area contributed by atoms with Crippen LogP contribution in [0.25, 0.3) is 11.2 Å². The Bertz CT molecular complexity index is 518. The maximum Gasteiger partial charge on any atom is 0.226 e. The van der Waals surface area contributed by atoms with E-state index in [2.05, 4.69) is 44.0 Å². The van der Waals surface area contributed by atoms with Gasteiger partial charge in [0.2, 0.25) is 5.95 Å². The number of hydrogen-bond donors (Lipinski definition) is 2. The van der Waals surface area contributed by atoms with Crippen molar-refractivity contribution in [1.29, 1.82) is 0 Å². The third-order valence-electron chi connectivity index (χ3n) is 2.89. The van der Waals surface area contributed by atoms with Crippen LogP contribution in [-0.4, -0.2) is 40.6 Å². The summed E-state index contributed by atoms with van der Waals surface area (Å²) in [6, 6.07) is 0. The zero-order valence-corrected chi connectivity index (χ0v) is 11.4. The molecule has 0 unspecified atom stereocenters. The number of imidazole rings is 1. The van der Waals surface area contributed by atoms with Crippen LogP contribution in [0.5, 0.6) is 0 Å². The van der Waals surface area contributed by atoms with Crippen molar-refractivity contribution in [2.45, 2.75) is 20.3 Å². The van der Waals surface area contributed by atoms with E-state index in [1.807, 2.05) is 14.1 Å². The molecule has 0 saturated heterocycles. The number of H-pyrrole nitrogens is 1. The van der Waals surface area contributed by atoms with Crippen LogP contribution >= 0.6 is 0 Å². The van der Waals surface area contributed by atoms with Gasteiger partial charge in [-0.3, -0.25) is 0 Å². The summed E-state index contributed by atoms with van der Waals surface area (Å²) in [6.45, 7) is 5.41. The number of nitrogens with zero attached hydrogens (tertiary/aromatic N) is 4. The summed E-state index contributed by atoms with van der Waals surface area (Å²) in [5, 5.41) is 2.97. The normalized spacial score (nSPS) is 11.2. The first-order valence-electron chi connectivity index (χ1n) is 6.21. The highest BCUT2D eigenvalue weighted by Gasteiger charge is 2.13. The molecule has 0 atom stereocenters. The highest BCUT2D eigenvalue weighted by Crippen LogP contribution is 2.22. The Morgan fingerprint density at radius 3 is 2.83 bits per heavy atom. The highest BCUT2D eigenvalue weighted by molar-refractivity contribution is 5.84. The van der Waals surface area contributed by atoms with E-state index >= 15 is 0 Å². The molecule has 0 amide bonds. The van der Waals surface area contributed by atoms with E-state index in [1.165, 1.54) is 0 Å². The van der Waals surface area contributed by atoms with E-state index in [9.17, 15) is 0 Å². The van der Waals surface area contributed by atoms with Gasteiger partial charge < -0.3 is 15.2 Å². The summed E-state index contributed by atoms with van der Waals surface area (Å²) < 4.78 is 0. The van der Waals surface area contributed by atoms with Gasteiger partial charge in [0, 0.05) is 20.6 Å². The average molecular weight is 248 g/mol. The lowest BCUT2D eigenvalue weighted by Gasteiger charge is -2.20. The molecule has 2 aromatic heterocycles. The lowest BCUT2D eigenvalue weighted by Crippen LogP contribution is -2.22. The molecule has 0 bridgehead atoms. The zero-order chi connectivity index (χ0) is 13.1. The Balaban J connectivity index is 2.32. The van der Waals surface area contributed by atoms with Crippen molar-refractivity contribution in [3.63, 3.8) is 0 Å². The molecule has 2 N–H and O–H groups in total. The molecule has 18 heavy (non-hydrogen) atoms. The van der Waals surface area contributed by atoms with Gasteiger partial charge in [-0.1, -0.05) is 13.8 Å². The Labute approximate surface area is 107 Å². The van der Waals surface area contributed by atoms with Crippen LogP contribution in [0.4, 0.5) is 11.8 Å². The van der Waals surface area contributed by atoms with E-state index in [-0.39, 0.29) is 0 Å². The van der Waals surface area contributed by atoms with E-state index in [0.29, 0.717) is 17.5 Å². The van der Waals surface area contributed by atoms with Crippen molar-refractivity contribution >= 4 is 22.9 Å². The fourth-order valence-corrected chi connectivity index (χ4v) is 1.76. The number of nitrogens with one attached hydrogen (secondary N) is 2. The molecule has 0 spiro atoms. The first-order chi connectivity index (χ1) is 8.61. The van der Waals surface area contributed by atoms with Crippen LogP contribution in [0.2, 0.25) is 0 Å². The molecule has 6 nitrogen and oxygen atoms in total. The van der Waals surface area contributed by atoms with Crippen molar-refractivity contribution < 1.29 is 0 Å². The van der Waals surface area contributed by atoms with E-state index in [4.69, 9.17) is 0 Å². The van der Waals surface area contributed by atoms with Crippen LogP contribution in [0.1, 0.15) is 20.3 Å². The standard InChI is InChI=1S/C12H20N6/c1-8(2)5-6-18(4)11-9-10(15-7-14-9)16-12(13-3)17-11/h7-8H,5-6H2,1-4H3,(H2,13,14,15,16,17). The lowest BCUT2D eigenvalue weighted by atomic mass is 10.1. The van der Waals surface area contributed by atoms with Crippen molar-refractivity contribution in [3.05, 3.63) is 6.33 Å². The number of aromatic amines is 1. The van der Waals surface area contributed by atoms with E-state index in [1.54, 1.807) is 6.33 Å². The molecular weight excluding hydrogens is 228 g/mol. The van der Waals surface area contributed by atoms with Gasteiger partial charge >= 0.3 is 0 Å². The van der Waals surface area contributed by atoms with Gasteiger partial charge in [0.25, 0.3) is 0 Å². The Morgan fingerprint density at radius 1 is 1.39 bits per heavy atom. The summed E-state index contributed by atoms with van der Waals surface area (Å²) in [5.41, 5.74) is 1.58. The van der Waals surface area contributed by atoms with Crippen LogP contribution in [-0.2, 0) is 0 Å². The molecule has 2 heterocycles. The monoisotopic (exact) mass is 248 g/mol. The summed E-state index contributed by atoms with van der Waals surface area (Å²) in [7, 11) is 3.86. The van der Waals surface area contributed by atoms with Crippen molar-refractivity contribution in [1.82, 2.24) is 19.9 Å². The first kappa shape index (κ1) is 12.6. The molecule has 0 aliphatic carbocycles. The minimum absolute atomic E-state index is 0.598. The molecule has 0 radical (unpaired) electrons. The lowest BCUT2D eigenvalue weighted by molar-refractivity contribution is 0.584. The summed E-state index contributed by atoms with van der Waals surface area (Å²) in [5.74, 6) is 2.17. The maximum absolute atomic E-state index is 4.50. The van der Waals surface area contributed by atoms with Gasteiger partial charge in [-0.15, -0.1) is 0 Å². The Morgan fingerprint density at radius 2 is 2.17 bits per heavy atom. The van der Waals surface area contributed by atoms with Crippen molar-refractivity contribution in [2.75, 3.05) is 30.9 Å². The van der Waals surface area contributed by atoms with Gasteiger partial charge in [0.1, 0.15) is 5.52 Å². The summed E-state index contributed by atoms with van der Waals surface area (Å²) in [4.78, 5) is 18.2. The molecule has 98 valence electrons. The number of rotatable bonds is 5. The number of anilines is 2. The second-order valence-electron chi connectivity index (χ2n) is 4.83. The fourth-order valence-electron chi connectivity index (χ4n) is 1.76. The van der Waals surface area contributed by atoms with Gasteiger partial charge in [0.05, 0.1) is 6.33 Å². The van der Waals surface area contributed by atoms with Crippen molar-refractivity contribution in [2.24, 2.45) is 5.92 Å². The topological polar surface area (TPSA) is 69.7 Å². The number of fused-ring (bicyclic) bond motifs is 1. The molecule has 6 heteroatoms. The average Bonchev–Trinajstić information content (AvgIpc) is 2.82. The molecule has 0 fully saturated rings. The van der Waals surface area contributed by atoms with Crippen LogP contribution in [0, 0.1) is 5.92 Å². The molecule has 0 aromatic carbocycles. The fraction of sp³-hybridized carbons (Fsp3) is 0.583. The SMILES string of the molecule is CNc1nc(N(C)CCC(C)C)c2[nH]cnc2n1. The minimum atomic E-state index is 0.598. The third kappa shape index (κ3) is 2.52. The molecule has 2 rings (SSSR count). The molecule has 0 aliphatic rings. The largest absolute Gasteiger partial charge is 0.358 e. The van der Waals surface area contributed by atoms with E-state index < -0.39 is 0 Å². The molecule has 0 aliphatic heterocycles. The predicted molar refractivity (Wildman–Crippen MR) is 74.0 cm³/mol. The molecule has 2 aromatic rings. The van der Waals surface area contributed by atoms with Gasteiger partial charge in [0.15, 0.2) is 11.5 Å². The number of aromatic nitrogens is 4. The Hall–Kier alpha value is -1.85.